The van der Waals surface area contributed by atoms with Gasteiger partial charge in [0, 0.05) is 16.9 Å². The molecule has 0 radical (unpaired) electrons. The minimum Gasteiger partial charge on any atom is -0.508 e. The normalized spacial score (nSPS) is 10.0. The van der Waals surface area contributed by atoms with Crippen LogP contribution >= 0.6 is 11.8 Å². The van der Waals surface area contributed by atoms with Crippen LogP contribution in [0.3, 0.4) is 0 Å². The van der Waals surface area contributed by atoms with Gasteiger partial charge < -0.3 is 5.11 Å². The van der Waals surface area contributed by atoms with Crippen molar-refractivity contribution in [3.05, 3.63) is 29.3 Å². The van der Waals surface area contributed by atoms with E-state index in [-0.39, 0.29) is 11.5 Å². The lowest BCUT2D eigenvalue weighted by Gasteiger charge is -2.03. The summed E-state index contributed by atoms with van der Waals surface area (Å²) >= 11 is 1.62. The summed E-state index contributed by atoms with van der Waals surface area (Å²) in [5.41, 5.74) is 1.47. The molecule has 0 heterocycles. The number of benzene rings is 1. The first-order valence-corrected chi connectivity index (χ1v) is 5.36. The number of hydrogen-bond acceptors (Lipinski definition) is 3. The zero-order valence-corrected chi connectivity index (χ0v) is 8.52. The Morgan fingerprint density at radius 3 is 2.77 bits per heavy atom. The highest BCUT2D eigenvalue weighted by Crippen LogP contribution is 2.22. The van der Waals surface area contributed by atoms with E-state index in [9.17, 15) is 9.90 Å². The van der Waals surface area contributed by atoms with Gasteiger partial charge in [-0.05, 0) is 31.4 Å². The number of aromatic hydroxyl groups is 1. The van der Waals surface area contributed by atoms with E-state index < -0.39 is 0 Å². The minimum absolute atomic E-state index is 0.0300. The molecule has 0 amide bonds. The van der Waals surface area contributed by atoms with Gasteiger partial charge in [-0.2, -0.15) is 11.8 Å². The molecular formula is C10H12O2S. The van der Waals surface area contributed by atoms with Crippen LogP contribution in [-0.4, -0.2) is 17.1 Å². The van der Waals surface area contributed by atoms with E-state index in [1.807, 2.05) is 6.26 Å². The lowest BCUT2D eigenvalue weighted by atomic mass is 10.1. The maximum absolute atomic E-state index is 11.0. The number of rotatable bonds is 3. The monoisotopic (exact) mass is 196 g/mol. The summed E-state index contributed by atoms with van der Waals surface area (Å²) in [6, 6.07) is 4.96. The van der Waals surface area contributed by atoms with Gasteiger partial charge in [0.2, 0.25) is 0 Å². The topological polar surface area (TPSA) is 37.3 Å². The molecule has 0 aliphatic carbocycles. The van der Waals surface area contributed by atoms with Crippen molar-refractivity contribution in [3.63, 3.8) is 0 Å². The van der Waals surface area contributed by atoms with Gasteiger partial charge in [0.1, 0.15) is 5.75 Å². The maximum atomic E-state index is 11.0. The van der Waals surface area contributed by atoms with E-state index in [0.29, 0.717) is 5.56 Å². The predicted molar refractivity (Wildman–Crippen MR) is 55.3 cm³/mol. The molecule has 1 rings (SSSR count). The fourth-order valence-electron chi connectivity index (χ4n) is 1.08. The number of phenols is 1. The van der Waals surface area contributed by atoms with Gasteiger partial charge in [0.15, 0.2) is 5.78 Å². The van der Waals surface area contributed by atoms with Crippen LogP contribution in [0.5, 0.6) is 5.75 Å². The number of thioether (sulfide) groups is 1. The molecule has 1 aromatic rings. The standard InChI is InChI=1S/C10H12O2S/c1-7(11)8-3-4-10(12)9(5-8)6-13-2/h3-5,12H,6H2,1-2H3. The van der Waals surface area contributed by atoms with Crippen LogP contribution in [-0.2, 0) is 5.75 Å². The van der Waals surface area contributed by atoms with Crippen molar-refractivity contribution in [2.75, 3.05) is 6.26 Å². The molecule has 0 saturated heterocycles. The Labute approximate surface area is 82.0 Å². The van der Waals surface area contributed by atoms with Gasteiger partial charge in [-0.15, -0.1) is 0 Å². The van der Waals surface area contributed by atoms with Gasteiger partial charge in [0.25, 0.3) is 0 Å². The first-order chi connectivity index (χ1) is 6.15. The second kappa shape index (κ2) is 4.33. The minimum atomic E-state index is 0.0300. The van der Waals surface area contributed by atoms with Crippen LogP contribution in [0.4, 0.5) is 0 Å². The molecule has 0 aliphatic heterocycles. The van der Waals surface area contributed by atoms with Crippen molar-refractivity contribution in [2.24, 2.45) is 0 Å². The molecule has 0 unspecified atom stereocenters. The SMILES string of the molecule is CSCc1cc(C(C)=O)ccc1O. The Kier molecular flexibility index (Phi) is 3.37. The molecule has 13 heavy (non-hydrogen) atoms. The van der Waals surface area contributed by atoms with Crippen LogP contribution < -0.4 is 0 Å². The Balaban J connectivity index is 3.03. The van der Waals surface area contributed by atoms with E-state index in [4.69, 9.17) is 0 Å². The van der Waals surface area contributed by atoms with Crippen molar-refractivity contribution in [2.45, 2.75) is 12.7 Å². The largest absolute Gasteiger partial charge is 0.508 e. The van der Waals surface area contributed by atoms with Gasteiger partial charge in [0.05, 0.1) is 0 Å². The zero-order chi connectivity index (χ0) is 9.84. The van der Waals surface area contributed by atoms with E-state index in [1.54, 1.807) is 30.0 Å². The average molecular weight is 196 g/mol. The molecule has 0 saturated carbocycles. The number of carbonyl (C=O) groups excluding carboxylic acids is 1. The first kappa shape index (κ1) is 10.1. The molecule has 70 valence electrons. The lowest BCUT2D eigenvalue weighted by molar-refractivity contribution is 0.101. The summed E-state index contributed by atoms with van der Waals surface area (Å²) in [5.74, 6) is 1.02. The molecule has 3 heteroatoms. The molecule has 0 fully saturated rings. The fraction of sp³-hybridized carbons (Fsp3) is 0.300. The molecule has 1 aromatic carbocycles. The first-order valence-electron chi connectivity index (χ1n) is 3.97. The number of phenolic OH excluding ortho intramolecular Hbond substituents is 1. The maximum Gasteiger partial charge on any atom is 0.159 e. The molecule has 0 bridgehead atoms. The Hall–Kier alpha value is -0.960. The van der Waals surface area contributed by atoms with Crippen LogP contribution in [0.1, 0.15) is 22.8 Å². The summed E-state index contributed by atoms with van der Waals surface area (Å²) in [5, 5.41) is 9.42. The Morgan fingerprint density at radius 2 is 2.23 bits per heavy atom. The third kappa shape index (κ3) is 2.49. The number of ketones is 1. The quantitative estimate of drug-likeness (QED) is 0.754. The highest BCUT2D eigenvalue weighted by molar-refractivity contribution is 7.97. The van der Waals surface area contributed by atoms with Crippen LogP contribution in [0, 0.1) is 0 Å². The van der Waals surface area contributed by atoms with Crippen molar-refractivity contribution < 1.29 is 9.90 Å². The van der Waals surface area contributed by atoms with Crippen LogP contribution in [0.2, 0.25) is 0 Å². The summed E-state index contributed by atoms with van der Waals surface area (Å²) in [4.78, 5) is 11.0. The number of carbonyl (C=O) groups is 1. The van der Waals surface area contributed by atoms with Gasteiger partial charge in [-0.25, -0.2) is 0 Å². The summed E-state index contributed by atoms with van der Waals surface area (Å²) < 4.78 is 0. The molecule has 0 aliphatic rings. The van der Waals surface area contributed by atoms with Crippen LogP contribution in [0.25, 0.3) is 0 Å². The number of Topliss-reactive ketones (excluding diaryl/α,β-unsaturated/α-hetero) is 1. The average Bonchev–Trinajstić information content (AvgIpc) is 2.08. The van der Waals surface area contributed by atoms with Gasteiger partial charge in [-0.1, -0.05) is 0 Å². The van der Waals surface area contributed by atoms with Crippen molar-refractivity contribution >= 4 is 17.5 Å². The van der Waals surface area contributed by atoms with Crippen molar-refractivity contribution in [1.82, 2.24) is 0 Å². The highest BCUT2D eigenvalue weighted by atomic mass is 32.2. The molecule has 0 aromatic heterocycles. The van der Waals surface area contributed by atoms with Crippen molar-refractivity contribution in [3.8, 4) is 5.75 Å². The summed E-state index contributed by atoms with van der Waals surface area (Å²) in [6.45, 7) is 1.52. The highest BCUT2D eigenvalue weighted by Gasteiger charge is 2.04. The van der Waals surface area contributed by atoms with E-state index >= 15 is 0 Å². The van der Waals surface area contributed by atoms with Crippen LogP contribution in [0.15, 0.2) is 18.2 Å². The molecule has 1 N–H and O–H groups in total. The molecule has 2 nitrogen and oxygen atoms in total. The summed E-state index contributed by atoms with van der Waals surface area (Å²) in [6.07, 6.45) is 1.96. The third-order valence-electron chi connectivity index (χ3n) is 1.79. The van der Waals surface area contributed by atoms with Gasteiger partial charge in [-0.3, -0.25) is 4.79 Å². The second-order valence-electron chi connectivity index (χ2n) is 2.83. The lowest BCUT2D eigenvalue weighted by Crippen LogP contribution is -1.93. The molecule has 0 atom stereocenters. The number of hydrogen-bond donors (Lipinski definition) is 1. The van der Waals surface area contributed by atoms with E-state index in [1.165, 1.54) is 6.92 Å². The smallest absolute Gasteiger partial charge is 0.159 e. The Morgan fingerprint density at radius 1 is 1.54 bits per heavy atom. The third-order valence-corrected chi connectivity index (χ3v) is 2.39. The zero-order valence-electron chi connectivity index (χ0n) is 7.70. The van der Waals surface area contributed by atoms with E-state index in [2.05, 4.69) is 0 Å². The Bertz CT molecular complexity index is 321. The molecular weight excluding hydrogens is 184 g/mol. The van der Waals surface area contributed by atoms with E-state index in [0.717, 1.165) is 11.3 Å². The second-order valence-corrected chi connectivity index (χ2v) is 3.70. The van der Waals surface area contributed by atoms with Gasteiger partial charge >= 0.3 is 0 Å². The predicted octanol–water partition coefficient (Wildman–Crippen LogP) is 2.46. The summed E-state index contributed by atoms with van der Waals surface area (Å²) in [7, 11) is 0. The fourth-order valence-corrected chi connectivity index (χ4v) is 1.62. The van der Waals surface area contributed by atoms with Crippen molar-refractivity contribution in [1.29, 1.82) is 0 Å². The molecule has 0 spiro atoms.